The van der Waals surface area contributed by atoms with Gasteiger partial charge in [-0.25, -0.2) is 0 Å². The van der Waals surface area contributed by atoms with Crippen LogP contribution in [-0.4, -0.2) is 38.8 Å². The number of nitrogens with zero attached hydrogens (tertiary/aromatic N) is 4. The second-order valence-electron chi connectivity index (χ2n) is 4.65. The average molecular weight is 267 g/mol. The molecule has 1 heterocycles. The molecular formula is C13H25N5O. The molecule has 0 amide bonds. The van der Waals surface area contributed by atoms with Crippen LogP contribution in [-0.2, 0) is 6.54 Å². The lowest BCUT2D eigenvalue weighted by Gasteiger charge is -2.18. The molecule has 0 atom stereocenters. The molecule has 6 nitrogen and oxygen atoms in total. The van der Waals surface area contributed by atoms with Gasteiger partial charge in [-0.15, -0.1) is 0 Å². The first-order chi connectivity index (χ1) is 9.14. The highest BCUT2D eigenvalue weighted by molar-refractivity contribution is 5.81. The highest BCUT2D eigenvalue weighted by Gasteiger charge is 2.11. The van der Waals surface area contributed by atoms with Gasteiger partial charge in [-0.3, -0.25) is 9.58 Å². The summed E-state index contributed by atoms with van der Waals surface area (Å²) < 4.78 is 2.03. The molecule has 0 radical (unpaired) electrons. The normalized spacial score (nSPS) is 12.6. The minimum atomic E-state index is 0.223. The third-order valence-corrected chi connectivity index (χ3v) is 3.33. The Morgan fingerprint density at radius 3 is 2.68 bits per heavy atom. The molecule has 0 bridgehead atoms. The van der Waals surface area contributed by atoms with Crippen LogP contribution < -0.4 is 5.73 Å². The highest BCUT2D eigenvalue weighted by Crippen LogP contribution is 2.15. The van der Waals surface area contributed by atoms with Gasteiger partial charge in [0.15, 0.2) is 5.84 Å². The number of aromatic nitrogens is 2. The first kappa shape index (κ1) is 15.5. The van der Waals surface area contributed by atoms with Crippen LogP contribution >= 0.6 is 0 Å². The van der Waals surface area contributed by atoms with Crippen molar-refractivity contribution in [3.8, 4) is 0 Å². The highest BCUT2D eigenvalue weighted by atomic mass is 16.4. The van der Waals surface area contributed by atoms with Crippen molar-refractivity contribution in [1.82, 2.24) is 14.7 Å². The van der Waals surface area contributed by atoms with Crippen LogP contribution in [0.3, 0.4) is 0 Å². The first-order valence-corrected chi connectivity index (χ1v) is 6.87. The van der Waals surface area contributed by atoms with Crippen LogP contribution in [0.15, 0.2) is 17.4 Å². The Kier molecular flexibility index (Phi) is 6.35. The predicted octanol–water partition coefficient (Wildman–Crippen LogP) is 1.81. The van der Waals surface area contributed by atoms with Crippen LogP contribution in [0.1, 0.15) is 45.3 Å². The molecule has 0 spiro atoms. The molecule has 0 saturated carbocycles. The number of oxime groups is 1. The summed E-state index contributed by atoms with van der Waals surface area (Å²) in [5.41, 5.74) is 6.55. The molecule has 0 fully saturated rings. The lowest BCUT2D eigenvalue weighted by molar-refractivity contribution is 0.291. The molecular weight excluding hydrogens is 242 g/mol. The van der Waals surface area contributed by atoms with E-state index in [2.05, 4.69) is 29.0 Å². The van der Waals surface area contributed by atoms with E-state index in [0.29, 0.717) is 19.1 Å². The number of likely N-dealkylation sites (N-methyl/N-ethyl adjacent to an activating group) is 1. The van der Waals surface area contributed by atoms with Gasteiger partial charge >= 0.3 is 0 Å². The fraction of sp³-hybridized carbons (Fsp3) is 0.692. The smallest absolute Gasteiger partial charge is 0.153 e. The largest absolute Gasteiger partial charge is 0.409 e. The summed E-state index contributed by atoms with van der Waals surface area (Å²) in [5, 5.41) is 16.2. The summed E-state index contributed by atoms with van der Waals surface area (Å²) in [6.07, 6.45) is 4.20. The Morgan fingerprint density at radius 2 is 2.16 bits per heavy atom. The molecule has 1 aromatic rings. The predicted molar refractivity (Wildman–Crippen MR) is 76.2 cm³/mol. The molecule has 108 valence electrons. The zero-order chi connectivity index (χ0) is 14.3. The van der Waals surface area contributed by atoms with Gasteiger partial charge < -0.3 is 10.9 Å². The van der Waals surface area contributed by atoms with Crippen molar-refractivity contribution in [3.05, 3.63) is 18.0 Å². The van der Waals surface area contributed by atoms with Crippen molar-refractivity contribution in [3.63, 3.8) is 0 Å². The fourth-order valence-electron chi connectivity index (χ4n) is 2.10. The van der Waals surface area contributed by atoms with E-state index in [9.17, 15) is 0 Å². The summed E-state index contributed by atoms with van der Waals surface area (Å²) in [4.78, 5) is 2.08. The Hall–Kier alpha value is -1.56. The van der Waals surface area contributed by atoms with Crippen LogP contribution in [0, 0.1) is 0 Å². The topological polar surface area (TPSA) is 79.7 Å². The molecule has 19 heavy (non-hydrogen) atoms. The van der Waals surface area contributed by atoms with E-state index in [1.165, 1.54) is 0 Å². The molecule has 0 unspecified atom stereocenters. The summed E-state index contributed by atoms with van der Waals surface area (Å²) in [5.74, 6) is 0.223. The number of nitrogens with two attached hydrogens (primary N) is 1. The summed E-state index contributed by atoms with van der Waals surface area (Å²) in [7, 11) is 0. The van der Waals surface area contributed by atoms with Gasteiger partial charge in [0.1, 0.15) is 0 Å². The Labute approximate surface area is 114 Å². The minimum Gasteiger partial charge on any atom is -0.409 e. The molecule has 0 aliphatic rings. The standard InChI is InChI=1S/C13H25N5O/c1-4-12(5-2)18-8-7-11(15-18)9-17(6-3)10-13(14)16-19/h7-8,12,19H,4-6,9-10H2,1-3H3,(H2,14,16). The van der Waals surface area contributed by atoms with Crippen molar-refractivity contribution in [1.29, 1.82) is 0 Å². The molecule has 0 saturated heterocycles. The maximum atomic E-state index is 8.60. The molecule has 1 rings (SSSR count). The molecule has 1 aromatic heterocycles. The maximum absolute atomic E-state index is 8.60. The summed E-state index contributed by atoms with van der Waals surface area (Å²) in [6.45, 7) is 8.37. The van der Waals surface area contributed by atoms with Crippen molar-refractivity contribution in [2.45, 2.75) is 46.2 Å². The zero-order valence-electron chi connectivity index (χ0n) is 12.1. The van der Waals surface area contributed by atoms with E-state index in [0.717, 1.165) is 25.1 Å². The fourth-order valence-corrected chi connectivity index (χ4v) is 2.10. The van der Waals surface area contributed by atoms with Crippen LogP contribution in [0.2, 0.25) is 0 Å². The molecule has 3 N–H and O–H groups in total. The molecule has 0 aromatic carbocycles. The Bertz CT molecular complexity index is 397. The van der Waals surface area contributed by atoms with E-state index >= 15 is 0 Å². The molecule has 0 aliphatic carbocycles. The first-order valence-electron chi connectivity index (χ1n) is 6.87. The summed E-state index contributed by atoms with van der Waals surface area (Å²) >= 11 is 0. The average Bonchev–Trinajstić information content (AvgIpc) is 2.87. The molecule has 0 aliphatic heterocycles. The quantitative estimate of drug-likeness (QED) is 0.326. The Morgan fingerprint density at radius 1 is 1.47 bits per heavy atom. The summed E-state index contributed by atoms with van der Waals surface area (Å²) in [6, 6.07) is 2.50. The van der Waals surface area contributed by atoms with E-state index < -0.39 is 0 Å². The van der Waals surface area contributed by atoms with Gasteiger partial charge in [-0.05, 0) is 25.5 Å². The van der Waals surface area contributed by atoms with E-state index in [-0.39, 0.29) is 5.84 Å². The van der Waals surface area contributed by atoms with Crippen molar-refractivity contribution < 1.29 is 5.21 Å². The van der Waals surface area contributed by atoms with Crippen LogP contribution in [0.25, 0.3) is 0 Å². The van der Waals surface area contributed by atoms with Crippen molar-refractivity contribution >= 4 is 5.84 Å². The third kappa shape index (κ3) is 4.55. The van der Waals surface area contributed by atoms with Gasteiger partial charge in [0.05, 0.1) is 18.3 Å². The van der Waals surface area contributed by atoms with Crippen molar-refractivity contribution in [2.75, 3.05) is 13.1 Å². The van der Waals surface area contributed by atoms with E-state index in [1.54, 1.807) is 0 Å². The zero-order valence-corrected chi connectivity index (χ0v) is 12.1. The number of hydrogen-bond donors (Lipinski definition) is 2. The van der Waals surface area contributed by atoms with Crippen LogP contribution in [0.4, 0.5) is 0 Å². The monoisotopic (exact) mass is 267 g/mol. The number of rotatable bonds is 8. The second-order valence-corrected chi connectivity index (χ2v) is 4.65. The second kappa shape index (κ2) is 7.78. The van der Waals surface area contributed by atoms with Crippen LogP contribution in [0.5, 0.6) is 0 Å². The Balaban J connectivity index is 2.65. The maximum Gasteiger partial charge on any atom is 0.153 e. The lowest BCUT2D eigenvalue weighted by Crippen LogP contribution is -2.33. The SMILES string of the molecule is CCC(CC)n1ccc(CN(CC)CC(N)=NO)n1. The van der Waals surface area contributed by atoms with Gasteiger partial charge in [0.2, 0.25) is 0 Å². The lowest BCUT2D eigenvalue weighted by atomic mass is 10.2. The van der Waals surface area contributed by atoms with E-state index in [1.807, 2.05) is 23.9 Å². The van der Waals surface area contributed by atoms with Gasteiger partial charge in [-0.1, -0.05) is 25.9 Å². The van der Waals surface area contributed by atoms with Gasteiger partial charge in [0.25, 0.3) is 0 Å². The van der Waals surface area contributed by atoms with Gasteiger partial charge in [0, 0.05) is 12.7 Å². The third-order valence-electron chi connectivity index (χ3n) is 3.33. The number of amidine groups is 1. The van der Waals surface area contributed by atoms with Gasteiger partial charge in [-0.2, -0.15) is 5.10 Å². The van der Waals surface area contributed by atoms with E-state index in [4.69, 9.17) is 10.9 Å². The number of hydrogen-bond acceptors (Lipinski definition) is 4. The minimum absolute atomic E-state index is 0.223. The molecule has 6 heteroatoms. The van der Waals surface area contributed by atoms with Crippen molar-refractivity contribution in [2.24, 2.45) is 10.9 Å².